The summed E-state index contributed by atoms with van der Waals surface area (Å²) in [5.74, 6) is 0.834. The minimum atomic E-state index is -0.0950. The molecule has 1 amide bonds. The first-order chi connectivity index (χ1) is 12.6. The molecule has 0 saturated heterocycles. The van der Waals surface area contributed by atoms with Crippen molar-refractivity contribution in [3.8, 4) is 0 Å². The van der Waals surface area contributed by atoms with Crippen molar-refractivity contribution in [1.82, 2.24) is 10.5 Å². The lowest BCUT2D eigenvalue weighted by Gasteiger charge is -2.08. The van der Waals surface area contributed by atoms with Crippen LogP contribution in [0.2, 0.25) is 0 Å². The normalized spacial score (nSPS) is 14.2. The number of nitrogens with zero attached hydrogens (tertiary/aromatic N) is 1. The minimum absolute atomic E-state index is 0.0923. The van der Waals surface area contributed by atoms with E-state index in [1.54, 1.807) is 0 Å². The fourth-order valence-electron chi connectivity index (χ4n) is 3.45. The highest BCUT2D eigenvalue weighted by molar-refractivity contribution is 6.10. The first kappa shape index (κ1) is 18.1. The van der Waals surface area contributed by atoms with Gasteiger partial charge in [0.2, 0.25) is 5.91 Å². The zero-order chi connectivity index (χ0) is 18.5. The molecule has 0 spiro atoms. The topological polar surface area (TPSA) is 72.2 Å². The average Bonchev–Trinajstić information content (AvgIpc) is 3.16. The van der Waals surface area contributed by atoms with Crippen LogP contribution in [0.4, 0.5) is 0 Å². The second kappa shape index (κ2) is 8.13. The van der Waals surface area contributed by atoms with Gasteiger partial charge in [0, 0.05) is 24.1 Å². The molecule has 0 saturated carbocycles. The van der Waals surface area contributed by atoms with E-state index in [2.05, 4.69) is 10.5 Å². The zero-order valence-electron chi connectivity index (χ0n) is 15.3. The molecule has 2 aromatic rings. The highest BCUT2D eigenvalue weighted by Gasteiger charge is 2.25. The summed E-state index contributed by atoms with van der Waals surface area (Å²) in [6.45, 7) is 4.40. The van der Waals surface area contributed by atoms with E-state index in [1.165, 1.54) is 0 Å². The van der Waals surface area contributed by atoms with Crippen LogP contribution in [0.15, 0.2) is 40.4 Å². The lowest BCUT2D eigenvalue weighted by molar-refractivity contribution is -0.122. The van der Waals surface area contributed by atoms with E-state index in [0.717, 1.165) is 47.4 Å². The van der Waals surface area contributed by atoms with Crippen molar-refractivity contribution in [1.29, 1.82) is 0 Å². The van der Waals surface area contributed by atoms with Crippen LogP contribution in [-0.4, -0.2) is 23.4 Å². The van der Waals surface area contributed by atoms with Gasteiger partial charge in [-0.3, -0.25) is 9.59 Å². The summed E-state index contributed by atoms with van der Waals surface area (Å²) in [5.41, 5.74) is 4.74. The number of carbonyl (C=O) groups is 2. The Morgan fingerprint density at radius 2 is 1.96 bits per heavy atom. The fraction of sp³-hybridized carbons (Fsp3) is 0.381. The van der Waals surface area contributed by atoms with Crippen molar-refractivity contribution in [2.24, 2.45) is 0 Å². The van der Waals surface area contributed by atoms with Crippen molar-refractivity contribution in [2.45, 2.75) is 46.0 Å². The van der Waals surface area contributed by atoms with Crippen LogP contribution < -0.4 is 5.32 Å². The van der Waals surface area contributed by atoms with E-state index in [4.69, 9.17) is 4.52 Å². The number of hydrogen-bond donors (Lipinski definition) is 1. The molecule has 3 rings (SSSR count). The Hall–Kier alpha value is -2.69. The molecule has 1 aromatic heterocycles. The molecule has 1 heterocycles. The lowest BCUT2D eigenvalue weighted by atomic mass is 10.00. The molecule has 1 aliphatic rings. The second-order valence-corrected chi connectivity index (χ2v) is 6.68. The molecular weight excluding hydrogens is 328 g/mol. The van der Waals surface area contributed by atoms with Gasteiger partial charge >= 0.3 is 0 Å². The summed E-state index contributed by atoms with van der Waals surface area (Å²) in [7, 11) is 0. The highest BCUT2D eigenvalue weighted by Crippen LogP contribution is 2.33. The van der Waals surface area contributed by atoms with E-state index in [1.807, 2.05) is 44.2 Å². The minimum Gasteiger partial charge on any atom is -0.361 e. The number of amides is 1. The monoisotopic (exact) mass is 352 g/mol. The van der Waals surface area contributed by atoms with Gasteiger partial charge in [0.05, 0.1) is 12.1 Å². The third kappa shape index (κ3) is 4.10. The van der Waals surface area contributed by atoms with E-state index in [0.29, 0.717) is 18.5 Å². The van der Waals surface area contributed by atoms with Crippen LogP contribution in [0.5, 0.6) is 0 Å². The SMILES string of the molecule is Cc1noc(C)c1CCCNC(=O)CC1=C(c2ccccc2)CCC1=O. The third-order valence-electron chi connectivity index (χ3n) is 4.87. The molecule has 0 radical (unpaired) electrons. The van der Waals surface area contributed by atoms with Gasteiger partial charge < -0.3 is 9.84 Å². The maximum absolute atomic E-state index is 12.3. The predicted octanol–water partition coefficient (Wildman–Crippen LogP) is 3.55. The standard InChI is InChI=1S/C21H24N2O3/c1-14-17(15(2)26-23-14)9-6-12-22-21(25)13-19-18(10-11-20(19)24)16-7-4-3-5-8-16/h3-5,7-8H,6,9-13H2,1-2H3,(H,22,25). The Morgan fingerprint density at radius 3 is 2.65 bits per heavy atom. The summed E-state index contributed by atoms with van der Waals surface area (Å²) >= 11 is 0. The first-order valence-corrected chi connectivity index (χ1v) is 9.05. The molecule has 0 aliphatic heterocycles. The molecule has 0 bridgehead atoms. The van der Waals surface area contributed by atoms with Gasteiger partial charge in [-0.25, -0.2) is 0 Å². The Balaban J connectivity index is 1.54. The molecule has 0 atom stereocenters. The number of aryl methyl sites for hydroxylation is 2. The maximum atomic E-state index is 12.3. The Bertz CT molecular complexity index is 815. The summed E-state index contributed by atoms with van der Waals surface area (Å²) in [6.07, 6.45) is 3.01. The predicted molar refractivity (Wildman–Crippen MR) is 99.5 cm³/mol. The highest BCUT2D eigenvalue weighted by atomic mass is 16.5. The number of nitrogens with one attached hydrogen (secondary N) is 1. The van der Waals surface area contributed by atoms with Crippen molar-refractivity contribution in [2.75, 3.05) is 6.54 Å². The van der Waals surface area contributed by atoms with Gasteiger partial charge in [0.25, 0.3) is 0 Å². The van der Waals surface area contributed by atoms with Crippen LogP contribution in [0.1, 0.15) is 48.3 Å². The Kier molecular flexibility index (Phi) is 5.66. The van der Waals surface area contributed by atoms with Gasteiger partial charge in [-0.15, -0.1) is 0 Å². The lowest BCUT2D eigenvalue weighted by Crippen LogP contribution is -2.25. The third-order valence-corrected chi connectivity index (χ3v) is 4.87. The summed E-state index contributed by atoms with van der Waals surface area (Å²) in [5, 5.41) is 6.87. The average molecular weight is 352 g/mol. The van der Waals surface area contributed by atoms with E-state index in [-0.39, 0.29) is 18.1 Å². The van der Waals surface area contributed by atoms with Crippen LogP contribution >= 0.6 is 0 Å². The van der Waals surface area contributed by atoms with Crippen LogP contribution in [0.25, 0.3) is 5.57 Å². The van der Waals surface area contributed by atoms with Crippen molar-refractivity contribution in [3.63, 3.8) is 0 Å². The number of allylic oxidation sites excluding steroid dienone is 1. The largest absolute Gasteiger partial charge is 0.361 e. The van der Waals surface area contributed by atoms with Crippen molar-refractivity contribution >= 4 is 17.3 Å². The second-order valence-electron chi connectivity index (χ2n) is 6.68. The van der Waals surface area contributed by atoms with E-state index >= 15 is 0 Å². The Labute approximate surface area is 153 Å². The van der Waals surface area contributed by atoms with Gasteiger partial charge in [-0.05, 0) is 44.2 Å². The van der Waals surface area contributed by atoms with Gasteiger partial charge in [0.15, 0.2) is 5.78 Å². The number of carbonyl (C=O) groups excluding carboxylic acids is 2. The van der Waals surface area contributed by atoms with Crippen LogP contribution in [0, 0.1) is 13.8 Å². The van der Waals surface area contributed by atoms with E-state index in [9.17, 15) is 9.59 Å². The van der Waals surface area contributed by atoms with Crippen molar-refractivity contribution < 1.29 is 14.1 Å². The summed E-state index contributed by atoms with van der Waals surface area (Å²) in [6, 6.07) is 9.85. The summed E-state index contributed by atoms with van der Waals surface area (Å²) < 4.78 is 5.15. The number of benzene rings is 1. The number of aromatic nitrogens is 1. The molecule has 1 aromatic carbocycles. The van der Waals surface area contributed by atoms with Crippen LogP contribution in [-0.2, 0) is 16.0 Å². The number of ketones is 1. The molecule has 136 valence electrons. The molecule has 1 N–H and O–H groups in total. The fourth-order valence-corrected chi connectivity index (χ4v) is 3.45. The number of Topliss-reactive ketones (excluding diaryl/α,β-unsaturated/α-hetero) is 1. The molecule has 5 nitrogen and oxygen atoms in total. The quantitative estimate of drug-likeness (QED) is 0.774. The molecular formula is C21H24N2O3. The first-order valence-electron chi connectivity index (χ1n) is 9.05. The smallest absolute Gasteiger partial charge is 0.224 e. The van der Waals surface area contributed by atoms with Gasteiger partial charge in [0.1, 0.15) is 5.76 Å². The molecule has 1 aliphatic carbocycles. The molecule has 0 fully saturated rings. The number of rotatable bonds is 7. The molecule has 5 heteroatoms. The van der Waals surface area contributed by atoms with E-state index < -0.39 is 0 Å². The van der Waals surface area contributed by atoms with Gasteiger partial charge in [-0.1, -0.05) is 35.5 Å². The summed E-state index contributed by atoms with van der Waals surface area (Å²) in [4.78, 5) is 24.5. The van der Waals surface area contributed by atoms with Gasteiger partial charge in [-0.2, -0.15) is 0 Å². The maximum Gasteiger partial charge on any atom is 0.224 e. The molecule has 26 heavy (non-hydrogen) atoms. The number of hydrogen-bond acceptors (Lipinski definition) is 4. The van der Waals surface area contributed by atoms with Crippen LogP contribution in [0.3, 0.4) is 0 Å². The Morgan fingerprint density at radius 1 is 1.19 bits per heavy atom. The van der Waals surface area contributed by atoms with Crippen molar-refractivity contribution in [3.05, 3.63) is 58.5 Å². The molecule has 0 unspecified atom stereocenters. The zero-order valence-corrected chi connectivity index (χ0v) is 15.3.